The van der Waals surface area contributed by atoms with E-state index in [1.807, 2.05) is 6.07 Å². The number of benzene rings is 2. The number of nitrogens with zero attached hydrogens (tertiary/aromatic N) is 3. The Hall–Kier alpha value is -2.75. The molecule has 0 aromatic heterocycles. The Morgan fingerprint density at radius 1 is 1.11 bits per heavy atom. The van der Waals surface area contributed by atoms with E-state index in [4.69, 9.17) is 23.2 Å². The van der Waals surface area contributed by atoms with Crippen LogP contribution in [0.1, 0.15) is 0 Å². The highest BCUT2D eigenvalue weighted by atomic mass is 35.5. The SMILES string of the molecule is N#C/C(=C/Nc1cccc(Cl)c1Cl)C(=O)N1CCN(c2ccc(F)cc2)CC1. The smallest absolute Gasteiger partial charge is 0.266 e. The zero-order valence-electron chi connectivity index (χ0n) is 14.8. The minimum atomic E-state index is -0.355. The molecule has 8 heteroatoms. The van der Waals surface area contributed by atoms with Crippen LogP contribution in [0.3, 0.4) is 0 Å². The lowest BCUT2D eigenvalue weighted by molar-refractivity contribution is -0.127. The van der Waals surface area contributed by atoms with Crippen molar-refractivity contribution in [2.45, 2.75) is 0 Å². The number of halogens is 3. The second-order valence-corrected chi connectivity index (χ2v) is 6.96. The summed E-state index contributed by atoms with van der Waals surface area (Å²) in [6, 6.07) is 13.2. The van der Waals surface area contributed by atoms with Crippen molar-refractivity contribution >= 4 is 40.5 Å². The van der Waals surface area contributed by atoms with Gasteiger partial charge in [-0.05, 0) is 36.4 Å². The van der Waals surface area contributed by atoms with Gasteiger partial charge in [0.15, 0.2) is 0 Å². The number of rotatable bonds is 4. The van der Waals surface area contributed by atoms with E-state index in [1.165, 1.54) is 18.3 Å². The standard InChI is InChI=1S/C20H17Cl2FN4O/c21-17-2-1-3-18(19(17)22)25-13-14(12-24)20(28)27-10-8-26(9-11-27)16-6-4-15(23)5-7-16/h1-7,13,25H,8-11H2/b14-13-. The first-order valence-electron chi connectivity index (χ1n) is 8.60. The van der Waals surface area contributed by atoms with Crippen LogP contribution in [0.25, 0.3) is 0 Å². The Labute approximate surface area is 172 Å². The van der Waals surface area contributed by atoms with Crippen LogP contribution in [0.15, 0.2) is 54.2 Å². The predicted molar refractivity (Wildman–Crippen MR) is 109 cm³/mol. The summed E-state index contributed by atoms with van der Waals surface area (Å²) in [5.41, 5.74) is 1.39. The van der Waals surface area contributed by atoms with Crippen molar-refractivity contribution in [3.63, 3.8) is 0 Å². The first kappa shape index (κ1) is 20.0. The molecule has 1 amide bonds. The summed E-state index contributed by atoms with van der Waals surface area (Å²) < 4.78 is 13.1. The van der Waals surface area contributed by atoms with Crippen molar-refractivity contribution in [1.29, 1.82) is 5.26 Å². The Morgan fingerprint density at radius 3 is 2.43 bits per heavy atom. The Kier molecular flexibility index (Phi) is 6.40. The summed E-state index contributed by atoms with van der Waals surface area (Å²) in [5.74, 6) is -0.638. The molecule has 5 nitrogen and oxygen atoms in total. The quantitative estimate of drug-likeness (QED) is 0.593. The van der Waals surface area contributed by atoms with E-state index in [0.29, 0.717) is 41.9 Å². The molecule has 28 heavy (non-hydrogen) atoms. The molecule has 0 saturated carbocycles. The minimum Gasteiger partial charge on any atom is -0.368 e. The van der Waals surface area contributed by atoms with E-state index >= 15 is 0 Å². The molecule has 0 unspecified atom stereocenters. The number of hydrogen-bond acceptors (Lipinski definition) is 4. The van der Waals surface area contributed by atoms with Gasteiger partial charge in [-0.25, -0.2) is 4.39 Å². The van der Waals surface area contributed by atoms with E-state index in [1.54, 1.807) is 35.2 Å². The minimum absolute atomic E-state index is 0.0220. The van der Waals surface area contributed by atoms with Crippen LogP contribution in [-0.2, 0) is 4.79 Å². The molecule has 1 heterocycles. The number of carbonyl (C=O) groups is 1. The van der Waals surface area contributed by atoms with Crippen LogP contribution in [0, 0.1) is 17.1 Å². The van der Waals surface area contributed by atoms with Gasteiger partial charge in [-0.1, -0.05) is 29.3 Å². The summed E-state index contributed by atoms with van der Waals surface area (Å²) in [6.07, 6.45) is 1.34. The monoisotopic (exact) mass is 418 g/mol. The predicted octanol–water partition coefficient (Wildman–Crippen LogP) is 4.30. The van der Waals surface area contributed by atoms with Gasteiger partial charge in [0.25, 0.3) is 5.91 Å². The van der Waals surface area contributed by atoms with Crippen LogP contribution in [-0.4, -0.2) is 37.0 Å². The molecule has 0 spiro atoms. The van der Waals surface area contributed by atoms with Crippen molar-refractivity contribution in [3.05, 3.63) is 70.1 Å². The van der Waals surface area contributed by atoms with Crippen LogP contribution in [0.2, 0.25) is 10.0 Å². The molecule has 0 aliphatic carbocycles. The third-order valence-electron chi connectivity index (χ3n) is 4.43. The highest BCUT2D eigenvalue weighted by Gasteiger charge is 2.24. The largest absolute Gasteiger partial charge is 0.368 e. The fourth-order valence-electron chi connectivity index (χ4n) is 2.90. The average molecular weight is 419 g/mol. The van der Waals surface area contributed by atoms with Gasteiger partial charge >= 0.3 is 0 Å². The van der Waals surface area contributed by atoms with Crippen LogP contribution in [0.5, 0.6) is 0 Å². The number of amides is 1. The topological polar surface area (TPSA) is 59.4 Å². The van der Waals surface area contributed by atoms with Gasteiger partial charge in [-0.3, -0.25) is 4.79 Å². The lowest BCUT2D eigenvalue weighted by Crippen LogP contribution is -2.49. The summed E-state index contributed by atoms with van der Waals surface area (Å²) in [4.78, 5) is 16.4. The molecule has 1 saturated heterocycles. The maximum absolute atomic E-state index is 13.1. The highest BCUT2D eigenvalue weighted by molar-refractivity contribution is 6.43. The van der Waals surface area contributed by atoms with Gasteiger partial charge in [0, 0.05) is 38.1 Å². The molecule has 1 aliphatic heterocycles. The Morgan fingerprint density at radius 2 is 1.79 bits per heavy atom. The second kappa shape index (κ2) is 8.96. The Balaban J connectivity index is 1.63. The third kappa shape index (κ3) is 4.56. The first-order chi connectivity index (χ1) is 13.5. The van der Waals surface area contributed by atoms with E-state index in [2.05, 4.69) is 10.2 Å². The zero-order chi connectivity index (χ0) is 20.1. The lowest BCUT2D eigenvalue weighted by atomic mass is 10.2. The summed E-state index contributed by atoms with van der Waals surface area (Å²) >= 11 is 12.1. The molecule has 2 aromatic carbocycles. The second-order valence-electron chi connectivity index (χ2n) is 6.17. The number of piperazine rings is 1. The molecule has 0 radical (unpaired) electrons. The molecule has 2 aromatic rings. The van der Waals surface area contributed by atoms with Crippen molar-refractivity contribution in [1.82, 2.24) is 4.90 Å². The molecule has 1 aliphatic rings. The normalized spacial score (nSPS) is 14.6. The van der Waals surface area contributed by atoms with Crippen LogP contribution >= 0.6 is 23.2 Å². The maximum atomic E-state index is 13.1. The summed E-state index contributed by atoms with van der Waals surface area (Å²) in [6.45, 7) is 2.13. The van der Waals surface area contributed by atoms with E-state index in [-0.39, 0.29) is 17.3 Å². The van der Waals surface area contributed by atoms with E-state index < -0.39 is 0 Å². The number of nitrogens with one attached hydrogen (secondary N) is 1. The highest BCUT2D eigenvalue weighted by Crippen LogP contribution is 2.29. The molecule has 0 bridgehead atoms. The summed E-state index contributed by atoms with van der Waals surface area (Å²) in [5, 5.41) is 12.9. The molecule has 1 N–H and O–H groups in total. The average Bonchev–Trinajstić information content (AvgIpc) is 2.72. The van der Waals surface area contributed by atoms with Crippen molar-refractivity contribution in [2.75, 3.05) is 36.4 Å². The van der Waals surface area contributed by atoms with Gasteiger partial charge in [0.1, 0.15) is 17.5 Å². The molecule has 0 atom stereocenters. The molecular formula is C20H17Cl2FN4O. The van der Waals surface area contributed by atoms with Crippen molar-refractivity contribution in [3.8, 4) is 6.07 Å². The number of carbonyl (C=O) groups excluding carboxylic acids is 1. The fraction of sp³-hybridized carbons (Fsp3) is 0.200. The number of nitriles is 1. The Bertz CT molecular complexity index is 932. The summed E-state index contributed by atoms with van der Waals surface area (Å²) in [7, 11) is 0. The molecule has 3 rings (SSSR count). The van der Waals surface area contributed by atoms with Crippen molar-refractivity contribution in [2.24, 2.45) is 0 Å². The van der Waals surface area contributed by atoms with Crippen LogP contribution in [0.4, 0.5) is 15.8 Å². The van der Waals surface area contributed by atoms with Crippen molar-refractivity contribution < 1.29 is 9.18 Å². The van der Waals surface area contributed by atoms with E-state index in [9.17, 15) is 14.4 Å². The first-order valence-corrected chi connectivity index (χ1v) is 9.36. The number of anilines is 2. The maximum Gasteiger partial charge on any atom is 0.266 e. The third-order valence-corrected chi connectivity index (χ3v) is 5.25. The van der Waals surface area contributed by atoms with Gasteiger partial charge in [-0.15, -0.1) is 0 Å². The lowest BCUT2D eigenvalue weighted by Gasteiger charge is -2.36. The molecular weight excluding hydrogens is 402 g/mol. The van der Waals surface area contributed by atoms with Gasteiger partial charge in [0.05, 0.1) is 15.7 Å². The zero-order valence-corrected chi connectivity index (χ0v) is 16.3. The number of hydrogen-bond donors (Lipinski definition) is 1. The fourth-order valence-corrected chi connectivity index (χ4v) is 3.25. The van der Waals surface area contributed by atoms with Gasteiger partial charge in [-0.2, -0.15) is 5.26 Å². The molecule has 144 valence electrons. The van der Waals surface area contributed by atoms with E-state index in [0.717, 1.165) is 5.69 Å². The van der Waals surface area contributed by atoms with Gasteiger partial charge in [0.2, 0.25) is 0 Å². The molecule has 1 fully saturated rings. The van der Waals surface area contributed by atoms with Crippen LogP contribution < -0.4 is 10.2 Å². The van der Waals surface area contributed by atoms with Gasteiger partial charge < -0.3 is 15.1 Å².